The van der Waals surface area contributed by atoms with Gasteiger partial charge in [0, 0.05) is 23.5 Å². The zero-order chi connectivity index (χ0) is 70.3. The number of carbonyl (C=O) groups excluding carboxylic acids is 3. The minimum absolute atomic E-state index is 0.0706. The zero-order valence-corrected chi connectivity index (χ0v) is 56.0. The molecule has 0 bridgehead atoms. The Hall–Kier alpha value is -3.74. The highest BCUT2D eigenvalue weighted by Crippen LogP contribution is 2.76. The average molecular weight is 1360 g/mol. The normalized spacial score (nSPS) is 49.1. The number of rotatable bonds is 18. The van der Waals surface area contributed by atoms with E-state index in [2.05, 4.69) is 26.8 Å². The van der Waals surface area contributed by atoms with Crippen molar-refractivity contribution in [1.29, 1.82) is 0 Å². The molecule has 4 aliphatic heterocycles. The molecule has 4 heterocycles. The fraction of sp³-hybridized carbons (Fsp3) is 0.848. The van der Waals surface area contributed by atoms with Crippen LogP contribution in [0.3, 0.4) is 0 Å². The number of ether oxygens (including phenoxy) is 11. The van der Waals surface area contributed by atoms with Crippen LogP contribution in [-0.2, 0) is 71.3 Å². The summed E-state index contributed by atoms with van der Waals surface area (Å²) in [5, 5.41) is 158. The van der Waals surface area contributed by atoms with Crippen molar-refractivity contribution in [2.75, 3.05) is 26.4 Å². The monoisotopic (exact) mass is 1360 g/mol. The van der Waals surface area contributed by atoms with Crippen molar-refractivity contribution in [2.45, 2.75) is 275 Å². The first kappa shape index (κ1) is 75.5. The van der Waals surface area contributed by atoms with Gasteiger partial charge < -0.3 is 124 Å². The van der Waals surface area contributed by atoms with Crippen LogP contribution in [0.15, 0.2) is 34.9 Å². The van der Waals surface area contributed by atoms with Crippen LogP contribution in [0.1, 0.15) is 128 Å². The van der Waals surface area contributed by atoms with Crippen molar-refractivity contribution in [3.63, 3.8) is 0 Å². The third-order valence-electron chi connectivity index (χ3n) is 24.1. The van der Waals surface area contributed by atoms with E-state index in [4.69, 9.17) is 52.1 Å². The fourth-order valence-electron chi connectivity index (χ4n) is 18.0. The molecule has 0 radical (unpaired) electrons. The molecule has 0 amide bonds. The maximum absolute atomic E-state index is 13.4. The summed E-state index contributed by atoms with van der Waals surface area (Å²) in [4.78, 5) is 52.7. The lowest BCUT2D eigenvalue weighted by atomic mass is 9.33. The number of allylic oxidation sites excluding steroid dienone is 4. The van der Waals surface area contributed by atoms with Crippen LogP contribution in [0.25, 0.3) is 0 Å². The first-order valence-electron chi connectivity index (χ1n) is 33.0. The molecular formula is C66H102O29. The summed E-state index contributed by atoms with van der Waals surface area (Å²) >= 11 is 0. The summed E-state index contributed by atoms with van der Waals surface area (Å²) in [5.74, 6) is -5.12. The summed E-state index contributed by atoms with van der Waals surface area (Å²) in [6, 6.07) is 0. The highest BCUT2D eigenvalue weighted by Gasteiger charge is 2.74. The van der Waals surface area contributed by atoms with Crippen molar-refractivity contribution >= 4 is 23.9 Å². The molecule has 95 heavy (non-hydrogen) atoms. The molecule has 5 aliphatic carbocycles. The quantitative estimate of drug-likeness (QED) is 0.0259. The van der Waals surface area contributed by atoms with Crippen molar-refractivity contribution in [3.05, 3.63) is 34.9 Å². The molecule has 32 atom stereocenters. The van der Waals surface area contributed by atoms with Gasteiger partial charge >= 0.3 is 23.9 Å². The molecule has 8 fully saturated rings. The van der Waals surface area contributed by atoms with E-state index in [0.717, 1.165) is 5.57 Å². The standard InChI is InChI=1S/C66H102O29/c1-13-27(3)55(83)90-47-29(5)86-59(46(79)49(47)91-56(84)28(4)14-2)95-53-52(80)66(26-85-30(6)70)32(21-61(53,7)8)31-15-16-36-62(9)19-18-38(63(10,25-69)35(62)17-20-64(36,11)65(31,12)22-37(66)71)89-60-50(93-58-44(77)42(75)40(73)34(24-68)88-58)45(78)48(51(94-60)54(81)82)92-57-43(76)41(74)39(72)33(23-67)87-57/h13-15,29,32-53,57-60,67-69,71-80H,16-26H2,1-12H3,(H,81,82)/b27-13-,28-14-/t29-,32+,33-,34-,35-,36-,37-,38+,39-,40-,41+,42+,43-,44-,45+,46-,47-,48+,49-,50-,51+,52+,53+,57+,58+,59+,60-,62+,63-,64-,65-,66+/m1/s1. The average Bonchev–Trinajstić information content (AvgIpc) is 0.669. The van der Waals surface area contributed by atoms with Crippen molar-refractivity contribution in [1.82, 2.24) is 0 Å². The minimum atomic E-state index is -2.21. The van der Waals surface area contributed by atoms with Gasteiger partial charge in [0.25, 0.3) is 0 Å². The number of carboxylic acid groups (broad SMARTS) is 1. The molecule has 14 N–H and O–H groups in total. The van der Waals surface area contributed by atoms with E-state index in [-0.39, 0.29) is 42.2 Å². The second kappa shape index (κ2) is 28.4. The van der Waals surface area contributed by atoms with Crippen molar-refractivity contribution < 1.29 is 143 Å². The van der Waals surface area contributed by atoms with Gasteiger partial charge in [0.2, 0.25) is 0 Å². The molecule has 0 aromatic heterocycles. The number of carboxylic acids is 1. The SMILES string of the molecule is C/C=C(/C)C(=O)O[C@@H]1[C@@H](O)[C@H](O[C@H]2[C@H](O)[C@]3(COC(C)=O)[C@H](O)C[C@]4(C)C(=CC[C@@H]5[C@@]6(C)CC[C@H](O[C@@H]7O[C@H](C(=O)O)[C@@H](O[C@@H]8O[C@H](CO)[C@@H](O)[C@H](O)[C@H]8O)[C@H](O)[C@H]7O[C@@H]7O[C@H](CO)[C@@H](O)[C@H](O)[C@H]7O)[C@](C)(CO)[C@@H]6CC[C@]54C)[C@@H]3CC2(C)C)O[C@H](C)[C@H]1OC(=O)/C(C)=C\C. The number of carbonyl (C=O) groups is 4. The predicted octanol–water partition coefficient (Wildman–Crippen LogP) is -0.952. The molecule has 0 spiro atoms. The second-order valence-electron chi connectivity index (χ2n) is 29.7. The van der Waals surface area contributed by atoms with E-state index in [1.165, 1.54) is 19.9 Å². The second-order valence-corrected chi connectivity index (χ2v) is 29.7. The zero-order valence-electron chi connectivity index (χ0n) is 56.0. The van der Waals surface area contributed by atoms with E-state index in [1.54, 1.807) is 33.8 Å². The maximum Gasteiger partial charge on any atom is 0.335 e. The Bertz CT molecular complexity index is 2860. The van der Waals surface area contributed by atoms with Crippen LogP contribution in [0.2, 0.25) is 0 Å². The summed E-state index contributed by atoms with van der Waals surface area (Å²) in [7, 11) is 0. The molecule has 0 aromatic carbocycles. The molecule has 0 unspecified atom stereocenters. The molecule has 540 valence electrons. The van der Waals surface area contributed by atoms with Gasteiger partial charge in [0.15, 0.2) is 43.5 Å². The topological polar surface area (TPSA) is 453 Å². The Morgan fingerprint density at radius 3 is 1.67 bits per heavy atom. The summed E-state index contributed by atoms with van der Waals surface area (Å²) in [5.41, 5.74) is -4.45. The summed E-state index contributed by atoms with van der Waals surface area (Å²) in [6.45, 7) is 18.5. The smallest absolute Gasteiger partial charge is 0.335 e. The fourth-order valence-corrected chi connectivity index (χ4v) is 18.0. The number of fused-ring (bicyclic) bond motifs is 7. The molecule has 0 aromatic rings. The predicted molar refractivity (Wildman–Crippen MR) is 324 cm³/mol. The number of aliphatic hydroxyl groups is 13. The Labute approximate surface area is 551 Å². The lowest BCUT2D eigenvalue weighted by molar-refractivity contribution is -0.392. The molecule has 4 saturated heterocycles. The lowest BCUT2D eigenvalue weighted by Crippen LogP contribution is -2.73. The Kier molecular flexibility index (Phi) is 22.5. The summed E-state index contributed by atoms with van der Waals surface area (Å²) in [6.07, 6.45) is -34.1. The molecule has 29 heteroatoms. The largest absolute Gasteiger partial charge is 0.479 e. The van der Waals surface area contributed by atoms with Gasteiger partial charge in [0.05, 0.1) is 55.8 Å². The van der Waals surface area contributed by atoms with Crippen molar-refractivity contribution in [3.8, 4) is 0 Å². The van der Waals surface area contributed by atoms with E-state index in [0.29, 0.717) is 25.7 Å². The highest BCUT2D eigenvalue weighted by molar-refractivity contribution is 5.88. The van der Waals surface area contributed by atoms with Gasteiger partial charge in [-0.05, 0) is 119 Å². The van der Waals surface area contributed by atoms with Crippen LogP contribution in [-0.4, -0.2) is 269 Å². The molecule has 9 aliphatic rings. The molecule has 9 rings (SSSR count). The van der Waals surface area contributed by atoms with Gasteiger partial charge in [-0.2, -0.15) is 0 Å². The van der Waals surface area contributed by atoms with Crippen LogP contribution < -0.4 is 0 Å². The van der Waals surface area contributed by atoms with Crippen LogP contribution in [0.4, 0.5) is 0 Å². The van der Waals surface area contributed by atoms with Gasteiger partial charge in [0.1, 0.15) is 79.9 Å². The van der Waals surface area contributed by atoms with E-state index < -0.39 is 236 Å². The Morgan fingerprint density at radius 2 is 1.15 bits per heavy atom. The number of esters is 3. The molecule has 29 nitrogen and oxygen atoms in total. The minimum Gasteiger partial charge on any atom is -0.479 e. The summed E-state index contributed by atoms with van der Waals surface area (Å²) < 4.78 is 66.6. The van der Waals surface area contributed by atoms with E-state index in [9.17, 15) is 90.7 Å². The number of aliphatic carboxylic acids is 1. The number of hydrogen-bond acceptors (Lipinski definition) is 28. The van der Waals surface area contributed by atoms with Gasteiger partial charge in [-0.1, -0.05) is 65.3 Å². The van der Waals surface area contributed by atoms with E-state index >= 15 is 0 Å². The first-order valence-corrected chi connectivity index (χ1v) is 33.0. The Balaban J connectivity index is 1.01. The van der Waals surface area contributed by atoms with Gasteiger partial charge in [-0.25, -0.2) is 14.4 Å². The number of hydrogen-bond donors (Lipinski definition) is 14. The molecular weight excluding hydrogens is 1260 g/mol. The van der Waals surface area contributed by atoms with Crippen LogP contribution in [0.5, 0.6) is 0 Å². The van der Waals surface area contributed by atoms with Gasteiger partial charge in [-0.3, -0.25) is 4.79 Å². The van der Waals surface area contributed by atoms with Crippen molar-refractivity contribution in [2.24, 2.45) is 50.2 Å². The van der Waals surface area contributed by atoms with Crippen LogP contribution >= 0.6 is 0 Å². The van der Waals surface area contributed by atoms with Gasteiger partial charge in [-0.15, -0.1) is 0 Å². The highest BCUT2D eigenvalue weighted by atomic mass is 16.8. The lowest BCUT2D eigenvalue weighted by Gasteiger charge is -2.72. The Morgan fingerprint density at radius 1 is 0.600 bits per heavy atom. The maximum atomic E-state index is 13.4. The first-order chi connectivity index (χ1) is 44.4. The van der Waals surface area contributed by atoms with E-state index in [1.807, 2.05) is 20.8 Å². The number of aliphatic hydroxyl groups excluding tert-OH is 13. The van der Waals surface area contributed by atoms with Crippen LogP contribution in [0, 0.1) is 50.2 Å². The third-order valence-corrected chi connectivity index (χ3v) is 24.1. The third kappa shape index (κ3) is 12.9. The molecule has 4 saturated carbocycles.